The van der Waals surface area contributed by atoms with Crippen LogP contribution in [0, 0.1) is 0 Å². The van der Waals surface area contributed by atoms with E-state index in [4.69, 9.17) is 9.84 Å². The average molecular weight is 246 g/mol. The zero-order chi connectivity index (χ0) is 13.3. The maximum absolute atomic E-state index is 11.8. The molecule has 0 fully saturated rings. The molecule has 6 heteroatoms. The van der Waals surface area contributed by atoms with Crippen molar-refractivity contribution in [1.82, 2.24) is 10.2 Å². The summed E-state index contributed by atoms with van der Waals surface area (Å²) in [4.78, 5) is 23.8. The molecule has 0 saturated carbocycles. The number of carboxylic acids is 1. The highest BCUT2D eigenvalue weighted by Gasteiger charge is 2.18. The molecule has 0 aliphatic carbocycles. The quantitative estimate of drug-likeness (QED) is 0.667. The van der Waals surface area contributed by atoms with Crippen LogP contribution in [0.1, 0.15) is 26.7 Å². The fourth-order valence-electron chi connectivity index (χ4n) is 1.31. The van der Waals surface area contributed by atoms with Crippen molar-refractivity contribution in [3.63, 3.8) is 0 Å². The van der Waals surface area contributed by atoms with E-state index in [1.165, 1.54) is 0 Å². The zero-order valence-electron chi connectivity index (χ0n) is 10.7. The third-order valence-corrected chi connectivity index (χ3v) is 2.54. The highest BCUT2D eigenvalue weighted by atomic mass is 16.5. The van der Waals surface area contributed by atoms with Gasteiger partial charge in [-0.05, 0) is 13.3 Å². The van der Waals surface area contributed by atoms with Gasteiger partial charge in [0, 0.05) is 26.2 Å². The minimum atomic E-state index is -0.919. The monoisotopic (exact) mass is 246 g/mol. The second kappa shape index (κ2) is 8.81. The maximum atomic E-state index is 11.8. The van der Waals surface area contributed by atoms with Gasteiger partial charge in [0.05, 0.1) is 13.0 Å². The fraction of sp³-hybridized carbons (Fsp3) is 0.818. The van der Waals surface area contributed by atoms with Crippen LogP contribution in [0.15, 0.2) is 0 Å². The fourth-order valence-corrected chi connectivity index (χ4v) is 1.31. The van der Waals surface area contributed by atoms with E-state index in [0.29, 0.717) is 13.2 Å². The average Bonchev–Trinajstić information content (AvgIpc) is 2.28. The molecule has 0 aliphatic rings. The molecule has 0 aromatic carbocycles. The predicted octanol–water partition coefficient (Wildman–Crippen LogP) is 0.918. The van der Waals surface area contributed by atoms with Gasteiger partial charge in [0.25, 0.3) is 0 Å². The number of carbonyl (C=O) groups excluding carboxylic acids is 1. The normalized spacial score (nSPS) is 11.9. The van der Waals surface area contributed by atoms with Gasteiger partial charge in [0.2, 0.25) is 0 Å². The number of nitrogens with zero attached hydrogens (tertiary/aromatic N) is 1. The van der Waals surface area contributed by atoms with E-state index in [-0.39, 0.29) is 25.0 Å². The Labute approximate surface area is 102 Å². The Kier molecular flexibility index (Phi) is 8.13. The molecular formula is C11H22N2O4. The third-order valence-electron chi connectivity index (χ3n) is 2.54. The number of urea groups is 1. The summed E-state index contributed by atoms with van der Waals surface area (Å²) in [5.41, 5.74) is 0. The molecule has 0 saturated heterocycles. The van der Waals surface area contributed by atoms with E-state index in [2.05, 4.69) is 5.32 Å². The molecule has 0 aromatic heterocycles. The highest BCUT2D eigenvalue weighted by molar-refractivity contribution is 5.75. The minimum Gasteiger partial charge on any atom is -0.481 e. The lowest BCUT2D eigenvalue weighted by molar-refractivity contribution is -0.136. The van der Waals surface area contributed by atoms with Crippen molar-refractivity contribution >= 4 is 12.0 Å². The molecule has 0 radical (unpaired) electrons. The van der Waals surface area contributed by atoms with Crippen LogP contribution in [-0.2, 0) is 9.53 Å². The van der Waals surface area contributed by atoms with E-state index in [1.54, 1.807) is 12.0 Å². The number of amides is 2. The SMILES string of the molecule is CCC(C)N(CCOC)C(=O)NCCC(=O)O. The number of ether oxygens (including phenoxy) is 1. The van der Waals surface area contributed by atoms with Crippen LogP contribution in [0.3, 0.4) is 0 Å². The Morgan fingerprint density at radius 2 is 2.12 bits per heavy atom. The number of rotatable bonds is 8. The molecule has 2 N–H and O–H groups in total. The lowest BCUT2D eigenvalue weighted by Crippen LogP contribution is -2.46. The van der Waals surface area contributed by atoms with Gasteiger partial charge in [-0.25, -0.2) is 4.79 Å². The predicted molar refractivity (Wildman–Crippen MR) is 64.0 cm³/mol. The summed E-state index contributed by atoms with van der Waals surface area (Å²) in [5, 5.41) is 11.1. The summed E-state index contributed by atoms with van der Waals surface area (Å²) in [6, 6.07) is -0.132. The standard InChI is InChI=1S/C11H22N2O4/c1-4-9(2)13(7-8-17-3)11(16)12-6-5-10(14)15/h9H,4-8H2,1-3H3,(H,12,16)(H,14,15). The molecule has 2 amide bonds. The number of hydrogen-bond donors (Lipinski definition) is 2. The Morgan fingerprint density at radius 1 is 1.47 bits per heavy atom. The van der Waals surface area contributed by atoms with Gasteiger partial charge in [-0.1, -0.05) is 6.92 Å². The molecule has 1 unspecified atom stereocenters. The first kappa shape index (κ1) is 15.7. The summed E-state index contributed by atoms with van der Waals surface area (Å²) in [7, 11) is 1.58. The molecule has 1 atom stereocenters. The van der Waals surface area contributed by atoms with Gasteiger partial charge in [0.1, 0.15) is 0 Å². The van der Waals surface area contributed by atoms with Crippen molar-refractivity contribution in [2.75, 3.05) is 26.8 Å². The number of nitrogens with one attached hydrogen (secondary N) is 1. The molecule has 0 spiro atoms. The first-order chi connectivity index (χ1) is 8.02. The van der Waals surface area contributed by atoms with Crippen LogP contribution in [0.25, 0.3) is 0 Å². The van der Waals surface area contributed by atoms with Crippen molar-refractivity contribution in [2.45, 2.75) is 32.7 Å². The Balaban J connectivity index is 4.16. The van der Waals surface area contributed by atoms with E-state index in [1.807, 2.05) is 13.8 Å². The Morgan fingerprint density at radius 3 is 2.59 bits per heavy atom. The van der Waals surface area contributed by atoms with Crippen LogP contribution in [0.2, 0.25) is 0 Å². The van der Waals surface area contributed by atoms with Crippen molar-refractivity contribution in [1.29, 1.82) is 0 Å². The Hall–Kier alpha value is -1.30. The number of carbonyl (C=O) groups is 2. The maximum Gasteiger partial charge on any atom is 0.317 e. The van der Waals surface area contributed by atoms with Gasteiger partial charge in [0.15, 0.2) is 0 Å². The molecule has 0 heterocycles. The zero-order valence-corrected chi connectivity index (χ0v) is 10.7. The molecule has 0 bridgehead atoms. The summed E-state index contributed by atoms with van der Waals surface area (Å²) in [6.07, 6.45) is 0.778. The Bertz CT molecular complexity index is 246. The van der Waals surface area contributed by atoms with Gasteiger partial charge < -0.3 is 20.1 Å². The second-order valence-electron chi connectivity index (χ2n) is 3.82. The summed E-state index contributed by atoms with van der Waals surface area (Å²) >= 11 is 0. The van der Waals surface area contributed by atoms with Crippen molar-refractivity contribution < 1.29 is 19.4 Å². The lowest BCUT2D eigenvalue weighted by atomic mass is 10.2. The number of methoxy groups -OCH3 is 1. The van der Waals surface area contributed by atoms with E-state index < -0.39 is 5.97 Å². The second-order valence-corrected chi connectivity index (χ2v) is 3.82. The molecule has 17 heavy (non-hydrogen) atoms. The van der Waals surface area contributed by atoms with Crippen molar-refractivity contribution in [3.8, 4) is 0 Å². The van der Waals surface area contributed by atoms with Crippen molar-refractivity contribution in [3.05, 3.63) is 0 Å². The first-order valence-electron chi connectivity index (χ1n) is 5.78. The van der Waals surface area contributed by atoms with Crippen LogP contribution >= 0.6 is 0 Å². The van der Waals surface area contributed by atoms with Crippen LogP contribution in [-0.4, -0.2) is 54.9 Å². The van der Waals surface area contributed by atoms with Crippen LogP contribution in [0.5, 0.6) is 0 Å². The number of aliphatic carboxylic acids is 1. The van der Waals surface area contributed by atoms with Gasteiger partial charge >= 0.3 is 12.0 Å². The molecule has 0 aromatic rings. The minimum absolute atomic E-state index is 0.0651. The van der Waals surface area contributed by atoms with E-state index in [9.17, 15) is 9.59 Å². The van der Waals surface area contributed by atoms with Gasteiger partial charge in [-0.2, -0.15) is 0 Å². The molecule has 6 nitrogen and oxygen atoms in total. The topological polar surface area (TPSA) is 78.9 Å². The smallest absolute Gasteiger partial charge is 0.317 e. The molecule has 0 rings (SSSR count). The summed E-state index contributed by atoms with van der Waals surface area (Å²) in [6.45, 7) is 5.07. The first-order valence-corrected chi connectivity index (χ1v) is 5.78. The van der Waals surface area contributed by atoms with Gasteiger partial charge in [-0.3, -0.25) is 4.79 Å². The number of hydrogen-bond acceptors (Lipinski definition) is 3. The molecular weight excluding hydrogens is 224 g/mol. The van der Waals surface area contributed by atoms with E-state index >= 15 is 0 Å². The molecule has 0 aliphatic heterocycles. The molecule has 100 valence electrons. The highest BCUT2D eigenvalue weighted by Crippen LogP contribution is 2.03. The third kappa shape index (κ3) is 6.78. The lowest BCUT2D eigenvalue weighted by Gasteiger charge is -2.28. The van der Waals surface area contributed by atoms with Crippen LogP contribution in [0.4, 0.5) is 4.79 Å². The van der Waals surface area contributed by atoms with Crippen molar-refractivity contribution in [2.24, 2.45) is 0 Å². The van der Waals surface area contributed by atoms with Gasteiger partial charge in [-0.15, -0.1) is 0 Å². The van der Waals surface area contributed by atoms with E-state index in [0.717, 1.165) is 6.42 Å². The van der Waals surface area contributed by atoms with Crippen LogP contribution < -0.4 is 5.32 Å². The summed E-state index contributed by atoms with van der Waals surface area (Å²) in [5.74, 6) is -0.919. The largest absolute Gasteiger partial charge is 0.481 e. The summed E-state index contributed by atoms with van der Waals surface area (Å²) < 4.78 is 4.94. The number of carboxylic acid groups (broad SMARTS) is 1.